The maximum atomic E-state index is 12.8. The van der Waals surface area contributed by atoms with Crippen LogP contribution in [0.4, 0.5) is 5.00 Å². The Hall–Kier alpha value is -2.81. The molecule has 0 saturated carbocycles. The van der Waals surface area contributed by atoms with Gasteiger partial charge in [-0.2, -0.15) is 0 Å². The lowest BCUT2D eigenvalue weighted by Gasteiger charge is -2.35. The lowest BCUT2D eigenvalue weighted by atomic mass is 9.96. The molecule has 32 heavy (non-hydrogen) atoms. The molecule has 1 N–H and O–H groups in total. The van der Waals surface area contributed by atoms with Crippen molar-refractivity contribution in [2.24, 2.45) is 0 Å². The van der Waals surface area contributed by atoms with Gasteiger partial charge in [-0.15, -0.1) is 11.3 Å². The van der Waals surface area contributed by atoms with Crippen LogP contribution in [0.1, 0.15) is 39.5 Å². The molecule has 1 atom stereocenters. The minimum atomic E-state index is -0.261. The van der Waals surface area contributed by atoms with Crippen molar-refractivity contribution >= 4 is 22.2 Å². The summed E-state index contributed by atoms with van der Waals surface area (Å²) >= 11 is 1.60. The predicted octanol–water partition coefficient (Wildman–Crippen LogP) is 4.59. The Kier molecular flexibility index (Phi) is 7.14. The summed E-state index contributed by atoms with van der Waals surface area (Å²) in [7, 11) is 3.31. The Morgan fingerprint density at radius 1 is 1.16 bits per heavy atom. The second kappa shape index (κ2) is 10.2. The summed E-state index contributed by atoms with van der Waals surface area (Å²) in [6.07, 6.45) is 2.38. The van der Waals surface area contributed by atoms with Crippen molar-refractivity contribution in [1.82, 2.24) is 4.90 Å². The van der Waals surface area contributed by atoms with Gasteiger partial charge >= 0.3 is 0 Å². The van der Waals surface area contributed by atoms with Crippen LogP contribution in [-0.2, 0) is 11.2 Å². The first-order chi connectivity index (χ1) is 15.6. The molecule has 0 spiro atoms. The van der Waals surface area contributed by atoms with Gasteiger partial charge in [0.05, 0.1) is 39.7 Å². The number of nitrogens with zero attached hydrogens (tertiary/aromatic N) is 1. The largest absolute Gasteiger partial charge is 0.497 e. The number of carbonyl (C=O) groups is 1. The maximum Gasteiger partial charge on any atom is 0.291 e. The third-order valence-corrected chi connectivity index (χ3v) is 6.78. The van der Waals surface area contributed by atoms with Crippen molar-refractivity contribution in [2.45, 2.75) is 19.4 Å². The Bertz CT molecular complexity index is 1040. The molecule has 1 aliphatic rings. The molecule has 0 aliphatic carbocycles. The number of aryl methyl sites for hydroxylation is 1. The van der Waals surface area contributed by atoms with E-state index in [0.29, 0.717) is 13.2 Å². The number of furan rings is 1. The van der Waals surface area contributed by atoms with Crippen LogP contribution in [0.25, 0.3) is 0 Å². The van der Waals surface area contributed by atoms with E-state index in [-0.39, 0.29) is 17.7 Å². The summed E-state index contributed by atoms with van der Waals surface area (Å²) in [5.74, 6) is 1.50. The van der Waals surface area contributed by atoms with Gasteiger partial charge in [0, 0.05) is 35.2 Å². The van der Waals surface area contributed by atoms with Gasteiger partial charge in [-0.3, -0.25) is 9.69 Å². The smallest absolute Gasteiger partial charge is 0.291 e. The van der Waals surface area contributed by atoms with Crippen LogP contribution >= 0.6 is 11.3 Å². The van der Waals surface area contributed by atoms with E-state index < -0.39 is 0 Å². The molecule has 8 heteroatoms. The molecule has 3 heterocycles. The Morgan fingerprint density at radius 2 is 1.97 bits per heavy atom. The summed E-state index contributed by atoms with van der Waals surface area (Å²) in [6, 6.07) is 11.3. The molecule has 1 amide bonds. The highest BCUT2D eigenvalue weighted by atomic mass is 32.1. The number of benzene rings is 1. The maximum absolute atomic E-state index is 12.8. The van der Waals surface area contributed by atoms with Gasteiger partial charge in [-0.25, -0.2) is 0 Å². The van der Waals surface area contributed by atoms with Crippen molar-refractivity contribution in [3.05, 3.63) is 64.4 Å². The minimum Gasteiger partial charge on any atom is -0.497 e. The monoisotopic (exact) mass is 456 g/mol. The third-order valence-electron chi connectivity index (χ3n) is 5.57. The number of hydrogen-bond donors (Lipinski definition) is 1. The van der Waals surface area contributed by atoms with Gasteiger partial charge in [0.25, 0.3) is 5.91 Å². The number of amides is 1. The molecule has 1 unspecified atom stereocenters. The lowest BCUT2D eigenvalue weighted by molar-refractivity contribution is 0.0237. The van der Waals surface area contributed by atoms with E-state index in [1.807, 2.05) is 18.2 Å². The molecular formula is C24H28N2O5S. The molecule has 170 valence electrons. The van der Waals surface area contributed by atoms with Gasteiger partial charge in [-0.1, -0.05) is 6.92 Å². The van der Waals surface area contributed by atoms with Crippen molar-refractivity contribution in [2.75, 3.05) is 45.8 Å². The number of thiophene rings is 1. The zero-order chi connectivity index (χ0) is 22.5. The highest BCUT2D eigenvalue weighted by molar-refractivity contribution is 7.16. The fraction of sp³-hybridized carbons (Fsp3) is 0.375. The van der Waals surface area contributed by atoms with Crippen molar-refractivity contribution in [3.8, 4) is 11.5 Å². The van der Waals surface area contributed by atoms with Crippen LogP contribution in [0.5, 0.6) is 11.5 Å². The van der Waals surface area contributed by atoms with E-state index in [2.05, 4.69) is 23.2 Å². The molecule has 1 aromatic carbocycles. The normalized spacial score (nSPS) is 15.3. The van der Waals surface area contributed by atoms with Crippen LogP contribution in [0.2, 0.25) is 0 Å². The molecule has 1 aliphatic heterocycles. The number of morpholine rings is 1. The Balaban J connectivity index is 1.79. The van der Waals surface area contributed by atoms with Gasteiger partial charge in [-0.05, 0) is 36.8 Å². The SMILES string of the molecule is CCc1cc(C(c2ccc(OC)cc2OC)N2CCOCC2)c(NC(=O)c2ccco2)s1. The molecule has 2 aromatic heterocycles. The summed E-state index contributed by atoms with van der Waals surface area (Å²) in [4.78, 5) is 16.4. The van der Waals surface area contributed by atoms with Crippen molar-refractivity contribution in [1.29, 1.82) is 0 Å². The lowest BCUT2D eigenvalue weighted by Crippen LogP contribution is -2.39. The molecule has 3 aromatic rings. The third kappa shape index (κ3) is 4.67. The average molecular weight is 457 g/mol. The average Bonchev–Trinajstić information content (AvgIpc) is 3.51. The summed E-state index contributed by atoms with van der Waals surface area (Å²) in [5.41, 5.74) is 2.06. The van der Waals surface area contributed by atoms with Crippen LogP contribution in [0.15, 0.2) is 47.1 Å². The predicted molar refractivity (Wildman–Crippen MR) is 124 cm³/mol. The van der Waals surface area contributed by atoms with Gasteiger partial charge < -0.3 is 23.9 Å². The summed E-state index contributed by atoms with van der Waals surface area (Å²) < 4.78 is 22.1. The first kappa shape index (κ1) is 22.4. The number of ether oxygens (including phenoxy) is 3. The van der Waals surface area contributed by atoms with Gasteiger partial charge in [0.2, 0.25) is 0 Å². The zero-order valence-electron chi connectivity index (χ0n) is 18.6. The number of anilines is 1. The van der Waals surface area contributed by atoms with Crippen LogP contribution in [0, 0.1) is 0 Å². The van der Waals surface area contributed by atoms with E-state index in [0.717, 1.165) is 47.1 Å². The van der Waals surface area contributed by atoms with E-state index in [4.69, 9.17) is 18.6 Å². The summed E-state index contributed by atoms with van der Waals surface area (Å²) in [5, 5.41) is 3.90. The zero-order valence-corrected chi connectivity index (χ0v) is 19.4. The Morgan fingerprint density at radius 3 is 2.62 bits per heavy atom. The van der Waals surface area contributed by atoms with E-state index in [1.54, 1.807) is 37.7 Å². The molecule has 4 rings (SSSR count). The standard InChI is InChI=1S/C24H28N2O5S/c1-4-17-15-19(24(32-17)25-23(27)20-6-5-11-31-20)22(26-9-12-30-13-10-26)18-8-7-16(28-2)14-21(18)29-3/h5-8,11,14-15,22H,4,9-10,12-13H2,1-3H3,(H,25,27). The molecule has 0 radical (unpaired) electrons. The van der Waals surface area contributed by atoms with Crippen LogP contribution in [-0.4, -0.2) is 51.3 Å². The number of carbonyl (C=O) groups excluding carboxylic acids is 1. The topological polar surface area (TPSA) is 73.2 Å². The molecular weight excluding hydrogens is 428 g/mol. The fourth-order valence-electron chi connectivity index (χ4n) is 3.95. The second-order valence-corrected chi connectivity index (χ2v) is 8.58. The number of nitrogens with one attached hydrogen (secondary N) is 1. The first-order valence-corrected chi connectivity index (χ1v) is 11.5. The quantitative estimate of drug-likeness (QED) is 0.534. The van der Waals surface area contributed by atoms with E-state index in [9.17, 15) is 4.79 Å². The van der Waals surface area contributed by atoms with E-state index >= 15 is 0 Å². The van der Waals surface area contributed by atoms with E-state index in [1.165, 1.54) is 11.1 Å². The van der Waals surface area contributed by atoms with Gasteiger partial charge in [0.15, 0.2) is 5.76 Å². The molecule has 1 fully saturated rings. The van der Waals surface area contributed by atoms with Crippen LogP contribution in [0.3, 0.4) is 0 Å². The van der Waals surface area contributed by atoms with Gasteiger partial charge in [0.1, 0.15) is 16.5 Å². The highest BCUT2D eigenvalue weighted by Crippen LogP contribution is 2.43. The number of rotatable bonds is 8. The molecule has 0 bridgehead atoms. The summed E-state index contributed by atoms with van der Waals surface area (Å²) in [6.45, 7) is 5.00. The van der Waals surface area contributed by atoms with Crippen molar-refractivity contribution < 1.29 is 23.4 Å². The minimum absolute atomic E-state index is 0.108. The second-order valence-electron chi connectivity index (χ2n) is 7.44. The fourth-order valence-corrected chi connectivity index (χ4v) is 4.97. The number of methoxy groups -OCH3 is 2. The van der Waals surface area contributed by atoms with Crippen LogP contribution < -0.4 is 14.8 Å². The highest BCUT2D eigenvalue weighted by Gasteiger charge is 2.31. The number of hydrogen-bond acceptors (Lipinski definition) is 7. The van der Waals surface area contributed by atoms with Crippen molar-refractivity contribution in [3.63, 3.8) is 0 Å². The molecule has 7 nitrogen and oxygen atoms in total. The Labute approximate surface area is 191 Å². The molecule has 1 saturated heterocycles. The first-order valence-electron chi connectivity index (χ1n) is 10.7.